The summed E-state index contributed by atoms with van der Waals surface area (Å²) in [6.45, 7) is 5.32. The van der Waals surface area contributed by atoms with Crippen LogP contribution in [0, 0.1) is 0 Å². The van der Waals surface area contributed by atoms with E-state index >= 15 is 0 Å². The van der Waals surface area contributed by atoms with Crippen molar-refractivity contribution in [3.63, 3.8) is 0 Å². The molecule has 0 aromatic heterocycles. The largest absolute Gasteiger partial charge is 0.497 e. The molecular weight excluding hydrogens is 482 g/mol. The van der Waals surface area contributed by atoms with E-state index in [0.717, 1.165) is 22.5 Å². The first-order valence-corrected chi connectivity index (χ1v) is 13.7. The number of amides is 2. The van der Waals surface area contributed by atoms with Gasteiger partial charge in [-0.15, -0.1) is 0 Å². The van der Waals surface area contributed by atoms with Crippen LogP contribution in [0.3, 0.4) is 0 Å². The third-order valence-electron chi connectivity index (χ3n) is 5.89. The minimum absolute atomic E-state index is 0.0652. The van der Waals surface area contributed by atoms with Gasteiger partial charge in [0.15, 0.2) is 0 Å². The number of nitrogens with zero attached hydrogens (tertiary/aromatic N) is 2. The highest BCUT2D eigenvalue weighted by Gasteiger charge is 2.32. The average Bonchev–Trinajstić information content (AvgIpc) is 2.86. The molecule has 0 aliphatic heterocycles. The predicted molar refractivity (Wildman–Crippen MR) is 141 cm³/mol. The van der Waals surface area contributed by atoms with Crippen LogP contribution in [-0.4, -0.2) is 64.2 Å². The first-order chi connectivity index (χ1) is 17.0. The van der Waals surface area contributed by atoms with Crippen LogP contribution in [0.25, 0.3) is 0 Å². The molecule has 36 heavy (non-hydrogen) atoms. The van der Waals surface area contributed by atoms with E-state index < -0.39 is 28.5 Å². The summed E-state index contributed by atoms with van der Waals surface area (Å²) in [7, 11) is -0.792. The third kappa shape index (κ3) is 7.87. The molecule has 0 radical (unpaired) electrons. The van der Waals surface area contributed by atoms with Crippen molar-refractivity contribution in [3.05, 3.63) is 54.1 Å². The van der Waals surface area contributed by atoms with Crippen LogP contribution >= 0.6 is 0 Å². The van der Waals surface area contributed by atoms with Gasteiger partial charge in [0, 0.05) is 18.7 Å². The SMILES string of the molecule is CC[C@H](C(=O)N[C@@H](C)CC)N(Cc1cccc(OC)c1)C(=O)CN(c1cccc(OC)c1)S(C)(=O)=O. The van der Waals surface area contributed by atoms with Crippen molar-refractivity contribution < 1.29 is 27.5 Å². The predicted octanol–water partition coefficient (Wildman–Crippen LogP) is 3.19. The van der Waals surface area contributed by atoms with Gasteiger partial charge >= 0.3 is 0 Å². The van der Waals surface area contributed by atoms with Gasteiger partial charge in [-0.2, -0.15) is 0 Å². The number of sulfonamides is 1. The fourth-order valence-electron chi connectivity index (χ4n) is 3.71. The number of anilines is 1. The summed E-state index contributed by atoms with van der Waals surface area (Å²) in [5.74, 6) is 0.292. The van der Waals surface area contributed by atoms with Crippen LogP contribution in [0.15, 0.2) is 48.5 Å². The summed E-state index contributed by atoms with van der Waals surface area (Å²) in [5.41, 5.74) is 1.05. The Morgan fingerprint density at radius 1 is 0.972 bits per heavy atom. The van der Waals surface area contributed by atoms with Crippen molar-refractivity contribution in [2.75, 3.05) is 31.3 Å². The zero-order valence-corrected chi connectivity index (χ0v) is 22.7. The van der Waals surface area contributed by atoms with Crippen LogP contribution in [0.5, 0.6) is 11.5 Å². The van der Waals surface area contributed by atoms with Gasteiger partial charge in [-0.1, -0.05) is 32.0 Å². The quantitative estimate of drug-likeness (QED) is 0.436. The monoisotopic (exact) mass is 519 g/mol. The first kappa shape index (κ1) is 29.0. The van der Waals surface area contributed by atoms with Gasteiger partial charge in [-0.25, -0.2) is 8.42 Å². The molecule has 1 N–H and O–H groups in total. The Morgan fingerprint density at radius 3 is 2.14 bits per heavy atom. The van der Waals surface area contributed by atoms with Gasteiger partial charge in [-0.3, -0.25) is 13.9 Å². The third-order valence-corrected chi connectivity index (χ3v) is 7.04. The Bertz CT molecular complexity index is 1140. The molecule has 0 spiro atoms. The van der Waals surface area contributed by atoms with Gasteiger partial charge in [0.2, 0.25) is 21.8 Å². The van der Waals surface area contributed by atoms with Gasteiger partial charge in [0.1, 0.15) is 24.1 Å². The maximum Gasteiger partial charge on any atom is 0.244 e. The molecular formula is C26H37N3O6S. The lowest BCUT2D eigenvalue weighted by Crippen LogP contribution is -2.53. The first-order valence-electron chi connectivity index (χ1n) is 11.9. The second-order valence-electron chi connectivity index (χ2n) is 8.59. The number of methoxy groups -OCH3 is 2. The summed E-state index contributed by atoms with van der Waals surface area (Å²) < 4.78 is 37.0. The number of benzene rings is 2. The molecule has 0 aliphatic rings. The van der Waals surface area contributed by atoms with Crippen LogP contribution in [0.4, 0.5) is 5.69 Å². The van der Waals surface area contributed by atoms with E-state index in [9.17, 15) is 18.0 Å². The highest BCUT2D eigenvalue weighted by atomic mass is 32.2. The summed E-state index contributed by atoms with van der Waals surface area (Å²) in [4.78, 5) is 28.3. The van der Waals surface area contributed by atoms with E-state index in [-0.39, 0.29) is 18.5 Å². The zero-order valence-electron chi connectivity index (χ0n) is 21.9. The van der Waals surface area contributed by atoms with E-state index in [1.807, 2.05) is 26.8 Å². The van der Waals surface area contributed by atoms with Gasteiger partial charge in [0.25, 0.3) is 0 Å². The summed E-state index contributed by atoms with van der Waals surface area (Å²) in [6.07, 6.45) is 2.14. The number of nitrogens with one attached hydrogen (secondary N) is 1. The van der Waals surface area contributed by atoms with E-state index in [0.29, 0.717) is 23.6 Å². The van der Waals surface area contributed by atoms with E-state index in [1.54, 1.807) is 49.6 Å². The lowest BCUT2D eigenvalue weighted by atomic mass is 10.1. The number of carbonyl (C=O) groups excluding carboxylic acids is 2. The minimum atomic E-state index is -3.82. The van der Waals surface area contributed by atoms with Crippen LogP contribution in [0.1, 0.15) is 39.2 Å². The van der Waals surface area contributed by atoms with Crippen LogP contribution < -0.4 is 19.1 Å². The van der Waals surface area contributed by atoms with Crippen molar-refractivity contribution in [2.45, 2.75) is 52.2 Å². The molecule has 0 unspecified atom stereocenters. The average molecular weight is 520 g/mol. The zero-order chi connectivity index (χ0) is 26.9. The molecule has 10 heteroatoms. The van der Waals surface area contributed by atoms with E-state index in [4.69, 9.17) is 9.47 Å². The number of carbonyl (C=O) groups is 2. The Balaban J connectivity index is 2.47. The topological polar surface area (TPSA) is 105 Å². The maximum atomic E-state index is 13.7. The second-order valence-corrected chi connectivity index (χ2v) is 10.5. The van der Waals surface area contributed by atoms with Crippen LogP contribution in [-0.2, 0) is 26.2 Å². The minimum Gasteiger partial charge on any atom is -0.497 e. The van der Waals surface area contributed by atoms with Gasteiger partial charge < -0.3 is 19.7 Å². The molecule has 2 amide bonds. The molecule has 0 saturated carbocycles. The lowest BCUT2D eigenvalue weighted by Gasteiger charge is -2.33. The Hall–Kier alpha value is -3.27. The van der Waals surface area contributed by atoms with Crippen molar-refractivity contribution in [1.29, 1.82) is 0 Å². The molecule has 198 valence electrons. The van der Waals surface area contributed by atoms with E-state index in [2.05, 4.69) is 5.32 Å². The number of rotatable bonds is 13. The molecule has 2 aromatic carbocycles. The molecule has 0 heterocycles. The highest BCUT2D eigenvalue weighted by Crippen LogP contribution is 2.24. The summed E-state index contributed by atoms with van der Waals surface area (Å²) >= 11 is 0. The smallest absolute Gasteiger partial charge is 0.244 e. The molecule has 2 rings (SSSR count). The van der Waals surface area contributed by atoms with Gasteiger partial charge in [-0.05, 0) is 49.6 Å². The summed E-state index contributed by atoms with van der Waals surface area (Å²) in [6, 6.07) is 12.8. The normalized spacial score (nSPS) is 12.8. The summed E-state index contributed by atoms with van der Waals surface area (Å²) in [5, 5.41) is 2.95. The molecule has 0 fully saturated rings. The van der Waals surface area contributed by atoms with Crippen molar-refractivity contribution in [1.82, 2.24) is 10.2 Å². The standard InChI is InChI=1S/C26H37N3O6S/c1-7-19(3)27-26(31)24(8-2)28(17-20-11-9-13-22(15-20)34-4)25(30)18-29(36(6,32)33)21-12-10-14-23(16-21)35-5/h9-16,19,24H,7-8,17-18H2,1-6H3,(H,27,31)/t19-,24+/m0/s1. The fraction of sp³-hybridized carbons (Fsp3) is 0.462. The second kappa shape index (κ2) is 13.2. The molecule has 2 aromatic rings. The van der Waals surface area contributed by atoms with Crippen molar-refractivity contribution in [2.24, 2.45) is 0 Å². The Kier molecular flexibility index (Phi) is 10.6. The lowest BCUT2D eigenvalue weighted by molar-refractivity contribution is -0.140. The molecule has 9 nitrogen and oxygen atoms in total. The Morgan fingerprint density at radius 2 is 1.58 bits per heavy atom. The van der Waals surface area contributed by atoms with Crippen molar-refractivity contribution in [3.8, 4) is 11.5 Å². The number of ether oxygens (including phenoxy) is 2. The molecule has 0 saturated heterocycles. The van der Waals surface area contributed by atoms with E-state index in [1.165, 1.54) is 12.0 Å². The Labute approximate surface area is 214 Å². The maximum absolute atomic E-state index is 13.7. The molecule has 2 atom stereocenters. The molecule has 0 aliphatic carbocycles. The highest BCUT2D eigenvalue weighted by molar-refractivity contribution is 7.92. The molecule has 0 bridgehead atoms. The van der Waals surface area contributed by atoms with Crippen molar-refractivity contribution >= 4 is 27.5 Å². The fourth-order valence-corrected chi connectivity index (χ4v) is 4.55. The van der Waals surface area contributed by atoms with Crippen LogP contribution in [0.2, 0.25) is 0 Å². The van der Waals surface area contributed by atoms with Gasteiger partial charge in [0.05, 0.1) is 26.2 Å². The number of hydrogen-bond acceptors (Lipinski definition) is 6. The number of hydrogen-bond donors (Lipinski definition) is 1.